The van der Waals surface area contributed by atoms with E-state index in [9.17, 15) is 32.3 Å². The molecule has 2 fully saturated rings. The lowest BCUT2D eigenvalue weighted by Gasteiger charge is -2.34. The number of rotatable bonds is 6. The number of aryl methyl sites for hydroxylation is 1. The number of aliphatic hydroxyl groups is 1. The van der Waals surface area contributed by atoms with Crippen LogP contribution >= 0.6 is 0 Å². The SMILES string of the molecule is Cc1cc(F)cc(CNC(=O)C2(O)CCN(c3cnn([C@H]4CO[C@H](c5cc(F)ccc5F)[C@@H](N)C4)n3)C2=O)c1F. The molecule has 4 N–H and O–H groups in total. The summed E-state index contributed by atoms with van der Waals surface area (Å²) < 4.78 is 61.5. The van der Waals surface area contributed by atoms with Crippen LogP contribution in [0.2, 0.25) is 0 Å². The van der Waals surface area contributed by atoms with Crippen LogP contribution in [0.25, 0.3) is 0 Å². The molecule has 14 heteroatoms. The quantitative estimate of drug-likeness (QED) is 0.309. The van der Waals surface area contributed by atoms with Crippen LogP contribution in [0.15, 0.2) is 36.5 Å². The maximum absolute atomic E-state index is 14.3. The third-order valence-electron chi connectivity index (χ3n) is 7.17. The first kappa shape index (κ1) is 27.7. The number of carbonyl (C=O) groups excluding carboxylic acids is 2. The molecule has 1 aromatic heterocycles. The summed E-state index contributed by atoms with van der Waals surface area (Å²) in [4.78, 5) is 28.1. The van der Waals surface area contributed by atoms with Gasteiger partial charge in [0, 0.05) is 36.7 Å². The molecule has 0 saturated carbocycles. The highest BCUT2D eigenvalue weighted by Gasteiger charge is 2.52. The topological polar surface area (TPSA) is 136 Å². The van der Waals surface area contributed by atoms with Crippen LogP contribution in [-0.2, 0) is 20.9 Å². The fourth-order valence-electron chi connectivity index (χ4n) is 5.01. The van der Waals surface area contributed by atoms with Crippen molar-refractivity contribution in [2.24, 2.45) is 5.73 Å². The van der Waals surface area contributed by atoms with Crippen LogP contribution in [0.3, 0.4) is 0 Å². The molecule has 212 valence electrons. The minimum absolute atomic E-state index is 0.00978. The number of nitrogens with one attached hydrogen (secondary N) is 1. The molecular formula is C26H26F4N6O4. The van der Waals surface area contributed by atoms with E-state index in [2.05, 4.69) is 15.5 Å². The van der Waals surface area contributed by atoms with Crippen LogP contribution in [-0.4, -0.2) is 56.7 Å². The third-order valence-corrected chi connectivity index (χ3v) is 7.17. The molecule has 0 radical (unpaired) electrons. The van der Waals surface area contributed by atoms with Crippen molar-refractivity contribution < 1.29 is 37.0 Å². The predicted octanol–water partition coefficient (Wildman–Crippen LogP) is 1.96. The normalized spacial score (nSPS) is 24.9. The predicted molar refractivity (Wildman–Crippen MR) is 132 cm³/mol. The van der Waals surface area contributed by atoms with E-state index in [-0.39, 0.29) is 48.5 Å². The molecule has 3 aromatic rings. The van der Waals surface area contributed by atoms with Crippen molar-refractivity contribution in [3.05, 3.63) is 76.5 Å². The Labute approximate surface area is 225 Å². The molecule has 2 aromatic carbocycles. The Kier molecular flexibility index (Phi) is 7.33. The van der Waals surface area contributed by atoms with Gasteiger partial charge in [0.05, 0.1) is 18.8 Å². The molecule has 2 aliphatic rings. The van der Waals surface area contributed by atoms with Gasteiger partial charge >= 0.3 is 0 Å². The molecule has 3 heterocycles. The van der Waals surface area contributed by atoms with Gasteiger partial charge in [0.2, 0.25) is 5.60 Å². The minimum atomic E-state index is -2.44. The number of ether oxygens (including phenoxy) is 1. The van der Waals surface area contributed by atoms with Gasteiger partial charge in [-0.05, 0) is 49.2 Å². The van der Waals surface area contributed by atoms with E-state index < -0.39 is 65.4 Å². The van der Waals surface area contributed by atoms with E-state index in [1.807, 2.05) is 0 Å². The lowest BCUT2D eigenvalue weighted by molar-refractivity contribution is -0.149. The molecule has 40 heavy (non-hydrogen) atoms. The van der Waals surface area contributed by atoms with Gasteiger partial charge in [0.1, 0.15) is 29.4 Å². The maximum atomic E-state index is 14.3. The van der Waals surface area contributed by atoms with Crippen molar-refractivity contribution in [2.45, 2.75) is 50.1 Å². The van der Waals surface area contributed by atoms with Gasteiger partial charge in [-0.15, -0.1) is 5.10 Å². The molecule has 0 bridgehead atoms. The summed E-state index contributed by atoms with van der Waals surface area (Å²) in [6, 6.07) is 3.78. The van der Waals surface area contributed by atoms with Crippen molar-refractivity contribution >= 4 is 17.6 Å². The Balaban J connectivity index is 1.23. The summed E-state index contributed by atoms with van der Waals surface area (Å²) in [5.74, 6) is -4.60. The van der Waals surface area contributed by atoms with Crippen molar-refractivity contribution in [2.75, 3.05) is 18.1 Å². The van der Waals surface area contributed by atoms with Gasteiger partial charge in [-0.25, -0.2) is 17.6 Å². The largest absolute Gasteiger partial charge is 0.372 e. The van der Waals surface area contributed by atoms with Crippen LogP contribution in [0.1, 0.15) is 41.7 Å². The number of carbonyl (C=O) groups is 2. The van der Waals surface area contributed by atoms with Crippen molar-refractivity contribution in [1.29, 1.82) is 0 Å². The lowest BCUT2D eigenvalue weighted by atomic mass is 9.94. The summed E-state index contributed by atoms with van der Waals surface area (Å²) >= 11 is 0. The van der Waals surface area contributed by atoms with E-state index in [1.54, 1.807) is 0 Å². The molecule has 2 aliphatic heterocycles. The summed E-state index contributed by atoms with van der Waals surface area (Å²) in [6.45, 7) is 0.908. The van der Waals surface area contributed by atoms with Crippen LogP contribution < -0.4 is 16.0 Å². The molecule has 0 spiro atoms. The number of nitrogens with two attached hydrogens (primary N) is 1. The van der Waals surface area contributed by atoms with Gasteiger partial charge in [0.25, 0.3) is 11.8 Å². The standard InChI is InChI=1S/C26H26F4N6O4/c1-13-6-16(28)7-14(22(13)30)10-32-24(37)26(39)4-5-35(25(26)38)21-11-33-36(34-21)17-9-20(31)23(40-12-17)18-8-15(27)2-3-19(18)29/h2-3,6-8,11,17,20,23,39H,4-5,9-10,12,31H2,1H3,(H,32,37)/t17-,20+,23-,26?/m1/s1. The third kappa shape index (κ3) is 5.05. The van der Waals surface area contributed by atoms with Crippen molar-refractivity contribution in [3.63, 3.8) is 0 Å². The van der Waals surface area contributed by atoms with E-state index >= 15 is 0 Å². The number of nitrogens with zero attached hydrogens (tertiary/aromatic N) is 4. The smallest absolute Gasteiger partial charge is 0.270 e. The highest BCUT2D eigenvalue weighted by Crippen LogP contribution is 2.34. The van der Waals surface area contributed by atoms with Gasteiger partial charge in [0.15, 0.2) is 5.82 Å². The molecule has 1 unspecified atom stereocenters. The number of amides is 2. The van der Waals surface area contributed by atoms with Gasteiger partial charge in [-0.3, -0.25) is 14.5 Å². The summed E-state index contributed by atoms with van der Waals surface area (Å²) in [6.07, 6.45) is 0.384. The Morgan fingerprint density at radius 1 is 1.23 bits per heavy atom. The van der Waals surface area contributed by atoms with Crippen molar-refractivity contribution in [3.8, 4) is 0 Å². The molecular weight excluding hydrogens is 536 g/mol. The van der Waals surface area contributed by atoms with Crippen LogP contribution in [0.4, 0.5) is 23.4 Å². The van der Waals surface area contributed by atoms with E-state index in [0.717, 1.165) is 35.2 Å². The lowest BCUT2D eigenvalue weighted by Crippen LogP contribution is -2.52. The van der Waals surface area contributed by atoms with Crippen LogP contribution in [0.5, 0.6) is 0 Å². The number of aromatic nitrogens is 3. The Morgan fingerprint density at radius 3 is 2.75 bits per heavy atom. The Morgan fingerprint density at radius 2 is 2.00 bits per heavy atom. The summed E-state index contributed by atoms with van der Waals surface area (Å²) in [7, 11) is 0. The zero-order chi connectivity index (χ0) is 28.8. The number of hydrogen-bond acceptors (Lipinski definition) is 7. The zero-order valence-electron chi connectivity index (χ0n) is 21.3. The van der Waals surface area contributed by atoms with Gasteiger partial charge in [-0.2, -0.15) is 9.90 Å². The second-order valence-corrected chi connectivity index (χ2v) is 9.94. The maximum Gasteiger partial charge on any atom is 0.270 e. The Hall–Kier alpha value is -3.88. The average molecular weight is 563 g/mol. The molecule has 0 aliphatic carbocycles. The Bertz CT molecular complexity index is 1470. The summed E-state index contributed by atoms with van der Waals surface area (Å²) in [5.41, 5.74) is 3.69. The number of benzene rings is 2. The monoisotopic (exact) mass is 562 g/mol. The molecule has 10 nitrogen and oxygen atoms in total. The highest BCUT2D eigenvalue weighted by atomic mass is 19.1. The fraction of sp³-hybridized carbons (Fsp3) is 0.385. The molecule has 5 rings (SSSR count). The van der Waals surface area contributed by atoms with E-state index in [1.165, 1.54) is 17.9 Å². The number of hydrogen-bond donors (Lipinski definition) is 3. The van der Waals surface area contributed by atoms with Gasteiger partial charge < -0.3 is 20.9 Å². The summed E-state index contributed by atoms with van der Waals surface area (Å²) in [5, 5.41) is 21.6. The van der Waals surface area contributed by atoms with E-state index in [0.29, 0.717) is 0 Å². The van der Waals surface area contributed by atoms with Crippen molar-refractivity contribution in [1.82, 2.24) is 20.3 Å². The molecule has 2 saturated heterocycles. The number of anilines is 1. The van der Waals surface area contributed by atoms with Crippen LogP contribution in [0, 0.1) is 30.2 Å². The molecule has 4 atom stereocenters. The first-order valence-electron chi connectivity index (χ1n) is 12.5. The second kappa shape index (κ2) is 10.6. The number of halogens is 4. The minimum Gasteiger partial charge on any atom is -0.372 e. The van der Waals surface area contributed by atoms with E-state index in [4.69, 9.17) is 10.5 Å². The first-order chi connectivity index (χ1) is 19.0. The average Bonchev–Trinajstić information content (AvgIpc) is 3.52. The highest BCUT2D eigenvalue weighted by molar-refractivity contribution is 6.16. The first-order valence-corrected chi connectivity index (χ1v) is 12.5. The fourth-order valence-corrected chi connectivity index (χ4v) is 5.01. The second-order valence-electron chi connectivity index (χ2n) is 9.94. The zero-order valence-corrected chi connectivity index (χ0v) is 21.3. The van der Waals surface area contributed by atoms with Gasteiger partial charge in [-0.1, -0.05) is 0 Å². The molecule has 2 amide bonds.